The van der Waals surface area contributed by atoms with Gasteiger partial charge in [-0.15, -0.1) is 0 Å². The molecule has 1 saturated heterocycles. The molecule has 1 heterocycles. The predicted octanol–water partition coefficient (Wildman–Crippen LogP) is 1.67. The van der Waals surface area contributed by atoms with Gasteiger partial charge >= 0.3 is 0 Å². The van der Waals surface area contributed by atoms with E-state index in [1.807, 2.05) is 6.07 Å². The van der Waals surface area contributed by atoms with Crippen LogP contribution in [0.2, 0.25) is 0 Å². The average molecular weight is 219 g/mol. The third-order valence-corrected chi connectivity index (χ3v) is 3.56. The van der Waals surface area contributed by atoms with Gasteiger partial charge < -0.3 is 14.8 Å². The van der Waals surface area contributed by atoms with E-state index in [9.17, 15) is 0 Å². The van der Waals surface area contributed by atoms with Gasteiger partial charge in [-0.1, -0.05) is 6.07 Å². The minimum absolute atomic E-state index is 0.215. The number of fused-ring (bicyclic) bond motifs is 3. The second kappa shape index (κ2) is 4.07. The fraction of sp³-hybridized carbons (Fsp3) is 0.538. The first-order valence-corrected chi connectivity index (χ1v) is 5.90. The summed E-state index contributed by atoms with van der Waals surface area (Å²) in [6.07, 6.45) is 2.52. The molecule has 1 aliphatic heterocycles. The standard InChI is InChI=1S/C13H17NO2/c1-15-10-4-2-9-3-5-12-13(11(9)8-10)16-7-6-14-12/h2,4,8,12-14H,3,5-7H2,1H3/t12-,13-/m1/s1. The number of ether oxygens (including phenoxy) is 2. The van der Waals surface area contributed by atoms with E-state index in [0.717, 1.165) is 25.3 Å². The molecule has 3 rings (SSSR count). The monoisotopic (exact) mass is 219 g/mol. The van der Waals surface area contributed by atoms with Gasteiger partial charge in [-0.3, -0.25) is 0 Å². The highest BCUT2D eigenvalue weighted by molar-refractivity contribution is 5.39. The van der Waals surface area contributed by atoms with Crippen LogP contribution in [0.1, 0.15) is 23.7 Å². The van der Waals surface area contributed by atoms with Crippen LogP contribution in [0.15, 0.2) is 18.2 Å². The summed E-state index contributed by atoms with van der Waals surface area (Å²) in [6, 6.07) is 6.81. The van der Waals surface area contributed by atoms with Crippen molar-refractivity contribution in [3.63, 3.8) is 0 Å². The Morgan fingerprint density at radius 1 is 1.44 bits per heavy atom. The zero-order valence-corrected chi connectivity index (χ0v) is 9.53. The summed E-state index contributed by atoms with van der Waals surface area (Å²) in [5, 5.41) is 3.53. The minimum atomic E-state index is 0.215. The molecular formula is C13H17NO2. The SMILES string of the molecule is COc1ccc2c(c1)[C@H]1OCCN[C@@H]1CC2. The van der Waals surface area contributed by atoms with E-state index < -0.39 is 0 Å². The molecule has 3 heteroatoms. The summed E-state index contributed by atoms with van der Waals surface area (Å²) in [7, 11) is 1.71. The van der Waals surface area contributed by atoms with Crippen molar-refractivity contribution in [2.45, 2.75) is 25.0 Å². The fourth-order valence-electron chi connectivity index (χ4n) is 2.72. The minimum Gasteiger partial charge on any atom is -0.497 e. The lowest BCUT2D eigenvalue weighted by Crippen LogP contribution is -2.45. The molecule has 1 aromatic carbocycles. The Hall–Kier alpha value is -1.06. The van der Waals surface area contributed by atoms with Crippen LogP contribution in [0, 0.1) is 0 Å². The molecule has 3 nitrogen and oxygen atoms in total. The third kappa shape index (κ3) is 1.60. The normalized spacial score (nSPS) is 28.1. The van der Waals surface area contributed by atoms with Gasteiger partial charge in [-0.05, 0) is 36.1 Å². The first-order chi connectivity index (χ1) is 7.88. The molecule has 86 valence electrons. The maximum Gasteiger partial charge on any atom is 0.119 e. The molecule has 1 N–H and O–H groups in total. The Kier molecular flexibility index (Phi) is 2.58. The highest BCUT2D eigenvalue weighted by Gasteiger charge is 2.32. The molecule has 0 spiro atoms. The zero-order valence-electron chi connectivity index (χ0n) is 9.53. The lowest BCUT2D eigenvalue weighted by Gasteiger charge is -2.37. The van der Waals surface area contributed by atoms with Gasteiger partial charge in [-0.25, -0.2) is 0 Å². The number of rotatable bonds is 1. The van der Waals surface area contributed by atoms with Crippen LogP contribution < -0.4 is 10.1 Å². The number of benzene rings is 1. The van der Waals surface area contributed by atoms with Crippen LogP contribution >= 0.6 is 0 Å². The molecule has 16 heavy (non-hydrogen) atoms. The summed E-state index contributed by atoms with van der Waals surface area (Å²) in [5.74, 6) is 0.925. The number of nitrogens with one attached hydrogen (secondary N) is 1. The molecule has 1 aliphatic carbocycles. The van der Waals surface area contributed by atoms with E-state index in [0.29, 0.717) is 6.04 Å². The molecule has 1 aromatic rings. The number of hydrogen-bond donors (Lipinski definition) is 1. The molecule has 0 unspecified atom stereocenters. The van der Waals surface area contributed by atoms with Crippen molar-refractivity contribution in [3.8, 4) is 5.75 Å². The zero-order chi connectivity index (χ0) is 11.0. The first kappa shape index (κ1) is 10.1. The maximum atomic E-state index is 5.89. The van der Waals surface area contributed by atoms with E-state index in [1.165, 1.54) is 17.5 Å². The Labute approximate surface area is 95.8 Å². The second-order valence-corrected chi connectivity index (χ2v) is 4.46. The highest BCUT2D eigenvalue weighted by Crippen LogP contribution is 2.36. The maximum absolute atomic E-state index is 5.89. The summed E-state index contributed by atoms with van der Waals surface area (Å²) in [4.78, 5) is 0. The van der Waals surface area contributed by atoms with Crippen LogP contribution in [0.3, 0.4) is 0 Å². The van der Waals surface area contributed by atoms with Gasteiger partial charge in [0, 0.05) is 12.6 Å². The average Bonchev–Trinajstić information content (AvgIpc) is 2.38. The molecule has 0 saturated carbocycles. The number of hydrogen-bond acceptors (Lipinski definition) is 3. The molecule has 0 bridgehead atoms. The molecule has 0 radical (unpaired) electrons. The second-order valence-electron chi connectivity index (χ2n) is 4.46. The van der Waals surface area contributed by atoms with Gasteiger partial charge in [0.05, 0.1) is 19.8 Å². The van der Waals surface area contributed by atoms with E-state index in [-0.39, 0.29) is 6.10 Å². The van der Waals surface area contributed by atoms with Crippen LogP contribution in [-0.2, 0) is 11.2 Å². The Balaban J connectivity index is 1.98. The van der Waals surface area contributed by atoms with E-state index in [2.05, 4.69) is 17.4 Å². The lowest BCUT2D eigenvalue weighted by molar-refractivity contribution is -0.0128. The van der Waals surface area contributed by atoms with Gasteiger partial charge in [0.2, 0.25) is 0 Å². The van der Waals surface area contributed by atoms with E-state index in [4.69, 9.17) is 9.47 Å². The Morgan fingerprint density at radius 3 is 3.25 bits per heavy atom. The van der Waals surface area contributed by atoms with Crippen LogP contribution in [0.4, 0.5) is 0 Å². The van der Waals surface area contributed by atoms with Crippen molar-refractivity contribution in [1.82, 2.24) is 5.32 Å². The molecule has 1 fully saturated rings. The highest BCUT2D eigenvalue weighted by atomic mass is 16.5. The van der Waals surface area contributed by atoms with Crippen molar-refractivity contribution < 1.29 is 9.47 Å². The first-order valence-electron chi connectivity index (χ1n) is 5.90. The quantitative estimate of drug-likeness (QED) is 0.779. The van der Waals surface area contributed by atoms with Gasteiger partial charge in [-0.2, -0.15) is 0 Å². The Bertz CT molecular complexity index is 392. The fourth-order valence-corrected chi connectivity index (χ4v) is 2.72. The van der Waals surface area contributed by atoms with Crippen LogP contribution in [0.5, 0.6) is 5.75 Å². The van der Waals surface area contributed by atoms with Crippen molar-refractivity contribution >= 4 is 0 Å². The summed E-state index contributed by atoms with van der Waals surface area (Å²) >= 11 is 0. The predicted molar refractivity (Wildman–Crippen MR) is 61.8 cm³/mol. The van der Waals surface area contributed by atoms with Crippen molar-refractivity contribution in [2.24, 2.45) is 0 Å². The number of morpholine rings is 1. The number of methoxy groups -OCH3 is 1. The molecular weight excluding hydrogens is 202 g/mol. The molecule has 0 aromatic heterocycles. The Morgan fingerprint density at radius 2 is 2.38 bits per heavy atom. The van der Waals surface area contributed by atoms with Crippen LogP contribution in [-0.4, -0.2) is 26.3 Å². The van der Waals surface area contributed by atoms with Crippen LogP contribution in [0.25, 0.3) is 0 Å². The van der Waals surface area contributed by atoms with Gasteiger partial charge in [0.15, 0.2) is 0 Å². The molecule has 0 amide bonds. The van der Waals surface area contributed by atoms with E-state index >= 15 is 0 Å². The lowest BCUT2D eigenvalue weighted by atomic mass is 9.85. The third-order valence-electron chi connectivity index (χ3n) is 3.56. The van der Waals surface area contributed by atoms with Crippen molar-refractivity contribution in [1.29, 1.82) is 0 Å². The molecule has 2 atom stereocenters. The smallest absolute Gasteiger partial charge is 0.119 e. The molecule has 2 aliphatic rings. The summed E-state index contributed by atoms with van der Waals surface area (Å²) in [6.45, 7) is 1.78. The summed E-state index contributed by atoms with van der Waals surface area (Å²) in [5.41, 5.74) is 2.72. The van der Waals surface area contributed by atoms with Crippen molar-refractivity contribution in [2.75, 3.05) is 20.3 Å². The van der Waals surface area contributed by atoms with E-state index in [1.54, 1.807) is 7.11 Å². The largest absolute Gasteiger partial charge is 0.497 e. The van der Waals surface area contributed by atoms with Gasteiger partial charge in [0.1, 0.15) is 5.75 Å². The number of aryl methyl sites for hydroxylation is 1. The van der Waals surface area contributed by atoms with Gasteiger partial charge in [0.25, 0.3) is 0 Å². The topological polar surface area (TPSA) is 30.5 Å². The summed E-state index contributed by atoms with van der Waals surface area (Å²) < 4.78 is 11.2. The van der Waals surface area contributed by atoms with Crippen molar-refractivity contribution in [3.05, 3.63) is 29.3 Å².